The summed E-state index contributed by atoms with van der Waals surface area (Å²) in [5.41, 5.74) is -1.45. The number of amides is 1. The molecule has 0 radical (unpaired) electrons. The lowest BCUT2D eigenvalue weighted by Gasteiger charge is -2.37. The molecule has 0 aliphatic rings. The van der Waals surface area contributed by atoms with E-state index in [1.165, 1.54) is 6.07 Å². The molecule has 1 amide bonds. The summed E-state index contributed by atoms with van der Waals surface area (Å²) >= 11 is 3.01. The lowest BCUT2D eigenvalue weighted by atomic mass is 10.1. The molecule has 0 aliphatic carbocycles. The molecular formula is C14H16BrF3NO3-. The summed E-state index contributed by atoms with van der Waals surface area (Å²) in [6.07, 6.45) is -5.76. The SMILES string of the molecule is CC(C)(C)N(CCOc1ccc(C(F)(F)F)cc1Br)C(=O)[O-]. The molecule has 124 valence electrons. The van der Waals surface area contributed by atoms with Gasteiger partial charge in [-0.1, -0.05) is 0 Å². The van der Waals surface area contributed by atoms with Crippen LogP contribution in [-0.2, 0) is 6.18 Å². The molecule has 0 fully saturated rings. The Balaban J connectivity index is 2.71. The summed E-state index contributed by atoms with van der Waals surface area (Å²) in [5.74, 6) is 0.209. The van der Waals surface area contributed by atoms with E-state index in [0.717, 1.165) is 17.0 Å². The Hall–Kier alpha value is -1.44. The number of carboxylic acid groups (broad SMARTS) is 1. The van der Waals surface area contributed by atoms with Crippen molar-refractivity contribution in [1.29, 1.82) is 0 Å². The topological polar surface area (TPSA) is 52.6 Å². The van der Waals surface area contributed by atoms with Crippen molar-refractivity contribution in [2.75, 3.05) is 13.2 Å². The van der Waals surface area contributed by atoms with Gasteiger partial charge < -0.3 is 19.5 Å². The summed E-state index contributed by atoms with van der Waals surface area (Å²) < 4.78 is 43.1. The van der Waals surface area contributed by atoms with Gasteiger partial charge in [0.15, 0.2) is 0 Å². The first-order valence-electron chi connectivity index (χ1n) is 6.41. The lowest BCUT2D eigenvalue weighted by Crippen LogP contribution is -2.53. The second kappa shape index (κ2) is 6.76. The molecule has 0 spiro atoms. The zero-order chi connectivity index (χ0) is 17.1. The standard InChI is InChI=1S/C14H17BrF3NO3/c1-13(2,3)19(12(20)21)6-7-22-11-5-4-9(8-10(11)15)14(16,17)18/h4-5,8H,6-7H2,1-3H3,(H,20,21)/p-1. The fraction of sp³-hybridized carbons (Fsp3) is 0.500. The molecule has 0 saturated carbocycles. The van der Waals surface area contributed by atoms with Crippen molar-refractivity contribution in [2.45, 2.75) is 32.5 Å². The van der Waals surface area contributed by atoms with E-state index < -0.39 is 23.4 Å². The van der Waals surface area contributed by atoms with Crippen LogP contribution in [-0.4, -0.2) is 29.7 Å². The van der Waals surface area contributed by atoms with Gasteiger partial charge in [0.2, 0.25) is 0 Å². The maximum atomic E-state index is 12.5. The predicted molar refractivity (Wildman–Crippen MR) is 76.5 cm³/mol. The molecule has 0 atom stereocenters. The fourth-order valence-corrected chi connectivity index (χ4v) is 2.23. The highest BCUT2D eigenvalue weighted by molar-refractivity contribution is 9.10. The van der Waals surface area contributed by atoms with Gasteiger partial charge in [0.05, 0.1) is 16.6 Å². The first-order valence-corrected chi connectivity index (χ1v) is 7.20. The Morgan fingerprint density at radius 2 is 1.91 bits per heavy atom. The van der Waals surface area contributed by atoms with Crippen LogP contribution in [0.2, 0.25) is 0 Å². The van der Waals surface area contributed by atoms with Crippen LogP contribution in [0, 0.1) is 0 Å². The normalized spacial score (nSPS) is 12.1. The third kappa shape index (κ3) is 5.08. The van der Waals surface area contributed by atoms with E-state index in [2.05, 4.69) is 15.9 Å². The van der Waals surface area contributed by atoms with E-state index in [4.69, 9.17) is 4.74 Å². The molecule has 0 aromatic heterocycles. The number of halogens is 4. The molecular weight excluding hydrogens is 367 g/mol. The zero-order valence-electron chi connectivity index (χ0n) is 12.3. The van der Waals surface area contributed by atoms with E-state index in [0.29, 0.717) is 0 Å². The Labute approximate surface area is 135 Å². The lowest BCUT2D eigenvalue weighted by molar-refractivity contribution is -0.270. The molecule has 8 heteroatoms. The van der Waals surface area contributed by atoms with Crippen LogP contribution in [0.4, 0.5) is 18.0 Å². The molecule has 1 rings (SSSR count). The Kier molecular flexibility index (Phi) is 5.72. The summed E-state index contributed by atoms with van der Waals surface area (Å²) in [4.78, 5) is 12.1. The highest BCUT2D eigenvalue weighted by atomic mass is 79.9. The second-order valence-corrected chi connectivity index (χ2v) is 6.43. The Bertz CT molecular complexity index is 541. The number of benzene rings is 1. The summed E-state index contributed by atoms with van der Waals surface area (Å²) in [7, 11) is 0. The first-order chi connectivity index (χ1) is 9.93. The van der Waals surface area contributed by atoms with Crippen molar-refractivity contribution < 1.29 is 27.8 Å². The number of hydrogen-bond donors (Lipinski definition) is 0. The van der Waals surface area contributed by atoms with Crippen LogP contribution in [0.15, 0.2) is 22.7 Å². The maximum absolute atomic E-state index is 12.5. The van der Waals surface area contributed by atoms with Crippen molar-refractivity contribution in [3.8, 4) is 5.75 Å². The van der Waals surface area contributed by atoms with Crippen LogP contribution in [0.5, 0.6) is 5.75 Å². The molecule has 0 aliphatic heterocycles. The quantitative estimate of drug-likeness (QED) is 0.802. The van der Waals surface area contributed by atoms with Gasteiger partial charge in [-0.3, -0.25) is 0 Å². The third-order valence-corrected chi connectivity index (χ3v) is 3.48. The van der Waals surface area contributed by atoms with E-state index in [-0.39, 0.29) is 23.4 Å². The zero-order valence-corrected chi connectivity index (χ0v) is 13.9. The average Bonchev–Trinajstić information content (AvgIpc) is 2.32. The third-order valence-electron chi connectivity index (χ3n) is 2.86. The van der Waals surface area contributed by atoms with Crippen LogP contribution in [0.25, 0.3) is 0 Å². The molecule has 1 aromatic carbocycles. The molecule has 1 aromatic rings. The minimum Gasteiger partial charge on any atom is -0.530 e. The fourth-order valence-electron chi connectivity index (χ4n) is 1.74. The number of nitrogens with zero attached hydrogens (tertiary/aromatic N) is 1. The van der Waals surface area contributed by atoms with Crippen LogP contribution < -0.4 is 9.84 Å². The molecule has 4 nitrogen and oxygen atoms in total. The minimum absolute atomic E-state index is 0.00475. The van der Waals surface area contributed by atoms with Gasteiger partial charge in [-0.2, -0.15) is 13.2 Å². The monoisotopic (exact) mass is 382 g/mol. The van der Waals surface area contributed by atoms with Gasteiger partial charge in [0.25, 0.3) is 0 Å². The number of carbonyl (C=O) groups excluding carboxylic acids is 1. The molecule has 0 saturated heterocycles. The number of ether oxygens (including phenoxy) is 1. The smallest absolute Gasteiger partial charge is 0.416 e. The van der Waals surface area contributed by atoms with Crippen LogP contribution in [0.3, 0.4) is 0 Å². The number of alkyl halides is 3. The molecule has 0 bridgehead atoms. The second-order valence-electron chi connectivity index (χ2n) is 5.58. The molecule has 0 heterocycles. The molecule has 0 N–H and O–H groups in total. The van der Waals surface area contributed by atoms with E-state index in [1.54, 1.807) is 20.8 Å². The number of rotatable bonds is 4. The van der Waals surface area contributed by atoms with E-state index >= 15 is 0 Å². The largest absolute Gasteiger partial charge is 0.530 e. The van der Waals surface area contributed by atoms with Crippen molar-refractivity contribution in [1.82, 2.24) is 4.90 Å². The summed E-state index contributed by atoms with van der Waals surface area (Å²) in [6.45, 7) is 5.15. The van der Waals surface area contributed by atoms with Crippen LogP contribution in [0.1, 0.15) is 26.3 Å². The first kappa shape index (κ1) is 18.6. The van der Waals surface area contributed by atoms with Crippen molar-refractivity contribution in [3.05, 3.63) is 28.2 Å². The highest BCUT2D eigenvalue weighted by Crippen LogP contribution is 2.34. The van der Waals surface area contributed by atoms with E-state index in [1.807, 2.05) is 0 Å². The molecule has 0 unspecified atom stereocenters. The average molecular weight is 383 g/mol. The summed E-state index contributed by atoms with van der Waals surface area (Å²) in [6, 6.07) is 3.00. The van der Waals surface area contributed by atoms with Crippen molar-refractivity contribution in [3.63, 3.8) is 0 Å². The van der Waals surface area contributed by atoms with Gasteiger partial charge in [-0.25, -0.2) is 0 Å². The van der Waals surface area contributed by atoms with E-state index in [9.17, 15) is 23.1 Å². The van der Waals surface area contributed by atoms with Gasteiger partial charge >= 0.3 is 6.18 Å². The summed E-state index contributed by atoms with van der Waals surface area (Å²) in [5, 5.41) is 11.0. The Morgan fingerprint density at radius 3 is 2.32 bits per heavy atom. The van der Waals surface area contributed by atoms with Crippen LogP contribution >= 0.6 is 15.9 Å². The van der Waals surface area contributed by atoms with Crippen molar-refractivity contribution in [2.24, 2.45) is 0 Å². The maximum Gasteiger partial charge on any atom is 0.416 e. The predicted octanol–water partition coefficient (Wildman–Crippen LogP) is 3.29. The minimum atomic E-state index is -4.43. The molecule has 22 heavy (non-hydrogen) atoms. The van der Waals surface area contributed by atoms with Gasteiger partial charge in [-0.05, 0) is 54.9 Å². The highest BCUT2D eigenvalue weighted by Gasteiger charge is 2.31. The van der Waals surface area contributed by atoms with Gasteiger partial charge in [-0.15, -0.1) is 0 Å². The van der Waals surface area contributed by atoms with Gasteiger partial charge in [0, 0.05) is 5.54 Å². The number of carbonyl (C=O) groups is 1. The Morgan fingerprint density at radius 1 is 1.32 bits per heavy atom. The number of hydrogen-bond acceptors (Lipinski definition) is 3. The van der Waals surface area contributed by atoms with Gasteiger partial charge in [0.1, 0.15) is 18.4 Å². The van der Waals surface area contributed by atoms with Crippen molar-refractivity contribution >= 4 is 22.0 Å².